The number of hydrogen-bond acceptors (Lipinski definition) is 3. The minimum atomic E-state index is -0.858. The predicted octanol–water partition coefficient (Wildman–Crippen LogP) is 2.24. The summed E-state index contributed by atoms with van der Waals surface area (Å²) in [5.74, 6) is 0.404. The number of aliphatic carboxylic acids is 1. The third-order valence-corrected chi connectivity index (χ3v) is 3.94. The van der Waals surface area contributed by atoms with Crippen molar-refractivity contribution in [2.24, 2.45) is 11.8 Å². The molecule has 4 nitrogen and oxygen atoms in total. The molecule has 102 valence electrons. The van der Waals surface area contributed by atoms with Crippen LogP contribution in [0.3, 0.4) is 0 Å². The number of carboxylic acids is 1. The summed E-state index contributed by atoms with van der Waals surface area (Å²) in [4.78, 5) is 10.7. The first-order valence-corrected chi connectivity index (χ1v) is 6.78. The smallest absolute Gasteiger partial charge is 0.332 e. The monoisotopic (exact) mass is 254 g/mol. The van der Waals surface area contributed by atoms with Gasteiger partial charge in [0.1, 0.15) is 0 Å². The molecule has 4 unspecified atom stereocenters. The van der Waals surface area contributed by atoms with Crippen molar-refractivity contribution in [3.8, 4) is 0 Å². The first-order chi connectivity index (χ1) is 8.66. The summed E-state index contributed by atoms with van der Waals surface area (Å²) in [6.07, 6.45) is 7.40. The summed E-state index contributed by atoms with van der Waals surface area (Å²) >= 11 is 0. The van der Waals surface area contributed by atoms with E-state index in [1.807, 2.05) is 0 Å². The highest BCUT2D eigenvalue weighted by atomic mass is 16.6. The van der Waals surface area contributed by atoms with Crippen LogP contribution in [0.15, 0.2) is 12.2 Å². The highest BCUT2D eigenvalue weighted by molar-refractivity contribution is 5.72. The molecular formula is C14H22O4. The lowest BCUT2D eigenvalue weighted by atomic mass is 9.85. The molecule has 4 atom stereocenters. The molecular weight excluding hydrogens is 232 g/mol. The predicted molar refractivity (Wildman–Crippen MR) is 67.4 cm³/mol. The van der Waals surface area contributed by atoms with E-state index in [2.05, 4.69) is 19.1 Å². The molecule has 1 fully saturated rings. The minimum Gasteiger partial charge on any atom is -0.479 e. The highest BCUT2D eigenvalue weighted by Crippen LogP contribution is 2.26. The Morgan fingerprint density at radius 1 is 1.33 bits per heavy atom. The number of rotatable bonds is 5. The van der Waals surface area contributed by atoms with E-state index < -0.39 is 12.1 Å². The van der Waals surface area contributed by atoms with Crippen molar-refractivity contribution in [3.05, 3.63) is 12.2 Å². The van der Waals surface area contributed by atoms with E-state index in [0.29, 0.717) is 24.9 Å². The summed E-state index contributed by atoms with van der Waals surface area (Å²) in [7, 11) is 0. The van der Waals surface area contributed by atoms with E-state index in [0.717, 1.165) is 25.9 Å². The minimum absolute atomic E-state index is 0.0412. The van der Waals surface area contributed by atoms with Crippen LogP contribution in [0, 0.1) is 11.8 Å². The van der Waals surface area contributed by atoms with Gasteiger partial charge in [-0.25, -0.2) is 4.79 Å². The van der Waals surface area contributed by atoms with Gasteiger partial charge in [0.25, 0.3) is 0 Å². The van der Waals surface area contributed by atoms with Gasteiger partial charge in [0, 0.05) is 0 Å². The van der Waals surface area contributed by atoms with Gasteiger partial charge >= 0.3 is 5.97 Å². The van der Waals surface area contributed by atoms with Gasteiger partial charge in [-0.2, -0.15) is 0 Å². The van der Waals surface area contributed by atoms with Crippen LogP contribution in [0.1, 0.15) is 32.6 Å². The molecule has 1 aliphatic carbocycles. The molecule has 4 heteroatoms. The Morgan fingerprint density at radius 3 is 2.78 bits per heavy atom. The van der Waals surface area contributed by atoms with Gasteiger partial charge in [-0.15, -0.1) is 0 Å². The molecule has 1 heterocycles. The molecule has 1 N–H and O–H groups in total. The van der Waals surface area contributed by atoms with Gasteiger partial charge in [0.15, 0.2) is 6.10 Å². The maximum atomic E-state index is 10.7. The molecule has 0 amide bonds. The summed E-state index contributed by atoms with van der Waals surface area (Å²) in [5, 5.41) is 8.82. The normalized spacial score (nSPS) is 35.8. The Bertz CT molecular complexity index is 313. The van der Waals surface area contributed by atoms with Crippen LogP contribution in [-0.4, -0.2) is 36.5 Å². The summed E-state index contributed by atoms with van der Waals surface area (Å²) in [6.45, 7) is 3.53. The third kappa shape index (κ3) is 3.56. The fraction of sp³-hybridized carbons (Fsp3) is 0.786. The lowest BCUT2D eigenvalue weighted by Crippen LogP contribution is -2.25. The van der Waals surface area contributed by atoms with Gasteiger partial charge in [-0.1, -0.05) is 19.1 Å². The van der Waals surface area contributed by atoms with Crippen molar-refractivity contribution in [1.29, 1.82) is 0 Å². The molecule has 1 aliphatic heterocycles. The van der Waals surface area contributed by atoms with E-state index in [1.54, 1.807) is 0 Å². The Balaban J connectivity index is 1.64. The van der Waals surface area contributed by atoms with Crippen molar-refractivity contribution in [1.82, 2.24) is 0 Å². The number of ether oxygens (including phenoxy) is 2. The van der Waals surface area contributed by atoms with Crippen LogP contribution < -0.4 is 0 Å². The quantitative estimate of drug-likeness (QED) is 0.764. The molecule has 0 saturated carbocycles. The van der Waals surface area contributed by atoms with Crippen LogP contribution in [-0.2, 0) is 14.3 Å². The van der Waals surface area contributed by atoms with E-state index >= 15 is 0 Å². The van der Waals surface area contributed by atoms with Crippen molar-refractivity contribution in [2.45, 2.75) is 44.8 Å². The lowest BCUT2D eigenvalue weighted by molar-refractivity contribution is -0.150. The molecule has 18 heavy (non-hydrogen) atoms. The number of hydrogen-bond donors (Lipinski definition) is 1. The van der Waals surface area contributed by atoms with Gasteiger partial charge in [0.2, 0.25) is 0 Å². The Morgan fingerprint density at radius 2 is 2.11 bits per heavy atom. The summed E-state index contributed by atoms with van der Waals surface area (Å²) in [6, 6.07) is 0. The Labute approximate surface area is 108 Å². The molecule has 0 aromatic rings. The van der Waals surface area contributed by atoms with Gasteiger partial charge in [0.05, 0.1) is 19.3 Å². The standard InChI is InChI=1S/C14H22O4/c1-10-4-2-3-5-11(10)8-17-9-12-6-7-13(18-12)14(15)16/h2-3,10-13H,4-9H2,1H3,(H,15,16). The van der Waals surface area contributed by atoms with Gasteiger partial charge in [-0.05, 0) is 37.5 Å². The lowest BCUT2D eigenvalue weighted by Gasteiger charge is -2.25. The zero-order valence-electron chi connectivity index (χ0n) is 10.9. The average molecular weight is 254 g/mol. The molecule has 0 radical (unpaired) electrons. The number of allylic oxidation sites excluding steroid dienone is 2. The second kappa shape index (κ2) is 6.34. The fourth-order valence-electron chi connectivity index (χ4n) is 2.60. The average Bonchev–Trinajstić information content (AvgIpc) is 2.80. The van der Waals surface area contributed by atoms with Crippen LogP contribution in [0.5, 0.6) is 0 Å². The highest BCUT2D eigenvalue weighted by Gasteiger charge is 2.30. The van der Waals surface area contributed by atoms with E-state index in [4.69, 9.17) is 14.6 Å². The van der Waals surface area contributed by atoms with E-state index in [-0.39, 0.29) is 6.10 Å². The maximum Gasteiger partial charge on any atom is 0.332 e. The van der Waals surface area contributed by atoms with Gasteiger partial charge in [-0.3, -0.25) is 0 Å². The van der Waals surface area contributed by atoms with Crippen molar-refractivity contribution in [3.63, 3.8) is 0 Å². The molecule has 0 spiro atoms. The maximum absolute atomic E-state index is 10.7. The van der Waals surface area contributed by atoms with Crippen molar-refractivity contribution in [2.75, 3.05) is 13.2 Å². The number of carboxylic acid groups (broad SMARTS) is 1. The zero-order chi connectivity index (χ0) is 13.0. The summed E-state index contributed by atoms with van der Waals surface area (Å²) in [5.41, 5.74) is 0. The largest absolute Gasteiger partial charge is 0.479 e. The second-order valence-electron chi connectivity index (χ2n) is 5.38. The SMILES string of the molecule is CC1CC=CCC1COCC1CCC(C(=O)O)O1. The molecule has 1 saturated heterocycles. The van der Waals surface area contributed by atoms with Crippen molar-refractivity contribution < 1.29 is 19.4 Å². The van der Waals surface area contributed by atoms with Crippen LogP contribution in [0.25, 0.3) is 0 Å². The van der Waals surface area contributed by atoms with Crippen molar-refractivity contribution >= 4 is 5.97 Å². The summed E-state index contributed by atoms with van der Waals surface area (Å²) < 4.78 is 11.1. The Kier molecular flexibility index (Phi) is 4.78. The van der Waals surface area contributed by atoms with Crippen LogP contribution in [0.2, 0.25) is 0 Å². The Hall–Kier alpha value is -0.870. The second-order valence-corrected chi connectivity index (χ2v) is 5.38. The molecule has 0 aromatic carbocycles. The number of carbonyl (C=O) groups is 1. The molecule has 0 bridgehead atoms. The molecule has 0 aromatic heterocycles. The molecule has 2 aliphatic rings. The van der Waals surface area contributed by atoms with E-state index in [1.165, 1.54) is 0 Å². The fourth-order valence-corrected chi connectivity index (χ4v) is 2.60. The topological polar surface area (TPSA) is 55.8 Å². The van der Waals surface area contributed by atoms with Crippen LogP contribution in [0.4, 0.5) is 0 Å². The van der Waals surface area contributed by atoms with E-state index in [9.17, 15) is 4.79 Å². The van der Waals surface area contributed by atoms with Crippen LogP contribution >= 0.6 is 0 Å². The molecule has 2 rings (SSSR count). The van der Waals surface area contributed by atoms with Gasteiger partial charge < -0.3 is 14.6 Å². The third-order valence-electron chi connectivity index (χ3n) is 3.94. The first kappa shape index (κ1) is 13.6. The first-order valence-electron chi connectivity index (χ1n) is 6.78. The zero-order valence-corrected chi connectivity index (χ0v) is 10.9.